The van der Waals surface area contributed by atoms with E-state index < -0.39 is 0 Å². The number of fused-ring (bicyclic) bond motifs is 1. The molecule has 1 unspecified atom stereocenters. The molecule has 0 amide bonds. The first kappa shape index (κ1) is 21.3. The van der Waals surface area contributed by atoms with Crippen LogP contribution in [0.1, 0.15) is 48.9 Å². The molecular weight excluding hydrogens is 464 g/mol. The Morgan fingerprint density at radius 1 is 1.23 bits per heavy atom. The van der Waals surface area contributed by atoms with Gasteiger partial charge < -0.3 is 4.74 Å². The lowest BCUT2D eigenvalue weighted by molar-refractivity contribution is -0.0699. The van der Waals surface area contributed by atoms with Crippen LogP contribution in [-0.4, -0.2) is 26.9 Å². The molecule has 1 aromatic heterocycles. The summed E-state index contributed by atoms with van der Waals surface area (Å²) in [4.78, 5) is 30.9. The zero-order chi connectivity index (χ0) is 21.3. The third-order valence-electron chi connectivity index (χ3n) is 5.33. The molecule has 1 fully saturated rings. The Morgan fingerprint density at radius 2 is 1.97 bits per heavy atom. The van der Waals surface area contributed by atoms with E-state index in [-0.39, 0.29) is 22.3 Å². The SMILES string of the molecule is CC1(C)CC(n2c(CSC(=O)c3ccc(Br)cc3)nc3ccccc3c2=O)CCO1. The number of thioether (sulfide) groups is 1. The van der Waals surface area contributed by atoms with Crippen molar-refractivity contribution in [1.29, 1.82) is 0 Å². The van der Waals surface area contributed by atoms with E-state index in [0.29, 0.717) is 34.7 Å². The molecule has 30 heavy (non-hydrogen) atoms. The Balaban J connectivity index is 1.69. The van der Waals surface area contributed by atoms with Gasteiger partial charge in [0.1, 0.15) is 5.82 Å². The van der Waals surface area contributed by atoms with Gasteiger partial charge in [0.2, 0.25) is 5.12 Å². The van der Waals surface area contributed by atoms with Gasteiger partial charge in [-0.25, -0.2) is 4.98 Å². The van der Waals surface area contributed by atoms with Gasteiger partial charge in [0.05, 0.1) is 22.3 Å². The van der Waals surface area contributed by atoms with Crippen LogP contribution in [0.3, 0.4) is 0 Å². The first-order valence-corrected chi connectivity index (χ1v) is 11.7. The first-order chi connectivity index (χ1) is 14.3. The highest BCUT2D eigenvalue weighted by Crippen LogP contribution is 2.33. The number of halogens is 1. The number of carbonyl (C=O) groups is 1. The topological polar surface area (TPSA) is 61.2 Å². The number of aromatic nitrogens is 2. The van der Waals surface area contributed by atoms with Crippen LogP contribution in [0.5, 0.6) is 0 Å². The number of ether oxygens (including phenoxy) is 1. The zero-order valence-corrected chi connectivity index (χ0v) is 19.3. The number of nitrogens with zero attached hydrogens (tertiary/aromatic N) is 2. The molecule has 1 atom stereocenters. The number of carbonyl (C=O) groups excluding carboxylic acids is 1. The lowest BCUT2D eigenvalue weighted by Gasteiger charge is -2.37. The van der Waals surface area contributed by atoms with E-state index in [1.165, 1.54) is 11.8 Å². The fourth-order valence-corrected chi connectivity index (χ4v) is 4.92. The molecular formula is C23H23BrN2O3S. The van der Waals surface area contributed by atoms with Crippen molar-refractivity contribution in [1.82, 2.24) is 9.55 Å². The maximum Gasteiger partial charge on any atom is 0.261 e. The van der Waals surface area contributed by atoms with Crippen molar-refractivity contribution in [2.45, 2.75) is 44.1 Å². The van der Waals surface area contributed by atoms with Crippen LogP contribution >= 0.6 is 27.7 Å². The number of rotatable bonds is 4. The molecule has 0 aliphatic carbocycles. The van der Waals surface area contributed by atoms with Gasteiger partial charge in [0.25, 0.3) is 5.56 Å². The number of para-hydroxylation sites is 1. The molecule has 0 radical (unpaired) electrons. The van der Waals surface area contributed by atoms with Crippen LogP contribution in [0.2, 0.25) is 0 Å². The summed E-state index contributed by atoms with van der Waals surface area (Å²) in [5.41, 5.74) is 0.947. The van der Waals surface area contributed by atoms with E-state index in [2.05, 4.69) is 15.9 Å². The fraction of sp³-hybridized carbons (Fsp3) is 0.348. The highest BCUT2D eigenvalue weighted by molar-refractivity contribution is 9.10. The predicted molar refractivity (Wildman–Crippen MR) is 124 cm³/mol. The standard InChI is InChI=1S/C23H23BrN2O3S/c1-23(2)13-17(11-12-29-23)26-20(25-19-6-4-3-5-18(19)21(26)27)14-30-22(28)15-7-9-16(24)10-8-15/h3-10,17H,11-14H2,1-2H3. The second-order valence-electron chi connectivity index (χ2n) is 8.06. The molecule has 0 spiro atoms. The summed E-state index contributed by atoms with van der Waals surface area (Å²) in [7, 11) is 0. The smallest absolute Gasteiger partial charge is 0.261 e. The molecule has 3 aromatic rings. The van der Waals surface area contributed by atoms with Crippen molar-refractivity contribution in [2.75, 3.05) is 6.61 Å². The molecule has 0 N–H and O–H groups in total. The van der Waals surface area contributed by atoms with Crippen molar-refractivity contribution in [3.05, 3.63) is 74.7 Å². The number of hydrogen-bond donors (Lipinski definition) is 0. The van der Waals surface area contributed by atoms with Crippen molar-refractivity contribution in [2.24, 2.45) is 0 Å². The maximum absolute atomic E-state index is 13.4. The Morgan fingerprint density at radius 3 is 2.70 bits per heavy atom. The molecule has 156 valence electrons. The Bertz CT molecular complexity index is 1140. The van der Waals surface area contributed by atoms with Gasteiger partial charge >= 0.3 is 0 Å². The quantitative estimate of drug-likeness (QED) is 0.496. The van der Waals surface area contributed by atoms with E-state index in [9.17, 15) is 9.59 Å². The number of hydrogen-bond acceptors (Lipinski definition) is 5. The van der Waals surface area contributed by atoms with Gasteiger partial charge in [-0.05, 0) is 63.1 Å². The van der Waals surface area contributed by atoms with Gasteiger partial charge in [0.15, 0.2) is 0 Å². The summed E-state index contributed by atoms with van der Waals surface area (Å²) >= 11 is 4.56. The summed E-state index contributed by atoms with van der Waals surface area (Å²) in [6.07, 6.45) is 1.48. The second-order valence-corrected chi connectivity index (χ2v) is 9.92. The van der Waals surface area contributed by atoms with E-state index in [4.69, 9.17) is 9.72 Å². The summed E-state index contributed by atoms with van der Waals surface area (Å²) in [6, 6.07) is 14.7. The minimum atomic E-state index is -0.300. The Kier molecular flexibility index (Phi) is 6.14. The summed E-state index contributed by atoms with van der Waals surface area (Å²) in [5.74, 6) is 0.976. The van der Waals surface area contributed by atoms with E-state index >= 15 is 0 Å². The average molecular weight is 487 g/mol. The van der Waals surface area contributed by atoms with Crippen LogP contribution < -0.4 is 5.56 Å². The minimum Gasteiger partial charge on any atom is -0.375 e. The van der Waals surface area contributed by atoms with Gasteiger partial charge in [0, 0.05) is 22.7 Å². The first-order valence-electron chi connectivity index (χ1n) is 9.91. The van der Waals surface area contributed by atoms with E-state index in [1.807, 2.05) is 50.2 Å². The molecule has 7 heteroatoms. The van der Waals surface area contributed by atoms with Crippen molar-refractivity contribution < 1.29 is 9.53 Å². The van der Waals surface area contributed by atoms with Crippen molar-refractivity contribution in [3.63, 3.8) is 0 Å². The molecule has 0 saturated carbocycles. The summed E-state index contributed by atoms with van der Waals surface area (Å²) < 4.78 is 8.58. The molecule has 1 aliphatic rings. The third-order valence-corrected chi connectivity index (χ3v) is 6.76. The Labute approximate surface area is 188 Å². The predicted octanol–water partition coefficient (Wildman–Crippen LogP) is 5.36. The third kappa shape index (κ3) is 4.53. The van der Waals surface area contributed by atoms with Crippen LogP contribution in [0.25, 0.3) is 10.9 Å². The van der Waals surface area contributed by atoms with Gasteiger partial charge in [-0.3, -0.25) is 14.2 Å². The van der Waals surface area contributed by atoms with Crippen LogP contribution in [0.15, 0.2) is 57.8 Å². The zero-order valence-electron chi connectivity index (χ0n) is 16.9. The minimum absolute atomic E-state index is 0.00302. The monoisotopic (exact) mass is 486 g/mol. The lowest BCUT2D eigenvalue weighted by Crippen LogP contribution is -2.39. The van der Waals surface area contributed by atoms with Crippen LogP contribution in [0, 0.1) is 0 Å². The Hall–Kier alpha value is -1.96. The second kappa shape index (κ2) is 8.65. The van der Waals surface area contributed by atoms with E-state index in [0.717, 1.165) is 17.3 Å². The number of benzene rings is 2. The van der Waals surface area contributed by atoms with Crippen LogP contribution in [0.4, 0.5) is 0 Å². The van der Waals surface area contributed by atoms with Crippen molar-refractivity contribution >= 4 is 43.7 Å². The fourth-order valence-electron chi connectivity index (χ4n) is 3.89. The largest absolute Gasteiger partial charge is 0.375 e. The molecule has 1 aliphatic heterocycles. The average Bonchev–Trinajstić information content (AvgIpc) is 2.72. The lowest BCUT2D eigenvalue weighted by atomic mass is 9.93. The van der Waals surface area contributed by atoms with E-state index in [1.54, 1.807) is 16.7 Å². The van der Waals surface area contributed by atoms with Crippen LogP contribution in [-0.2, 0) is 10.5 Å². The molecule has 0 bridgehead atoms. The van der Waals surface area contributed by atoms with Crippen molar-refractivity contribution in [3.8, 4) is 0 Å². The highest BCUT2D eigenvalue weighted by Gasteiger charge is 2.32. The van der Waals surface area contributed by atoms with Gasteiger partial charge in [-0.1, -0.05) is 39.8 Å². The highest BCUT2D eigenvalue weighted by atomic mass is 79.9. The molecule has 5 nitrogen and oxygen atoms in total. The molecule has 2 heterocycles. The molecule has 4 rings (SSSR count). The molecule has 2 aromatic carbocycles. The molecule has 1 saturated heterocycles. The summed E-state index contributed by atoms with van der Waals surface area (Å²) in [5, 5.41) is 0.568. The normalized spacial score (nSPS) is 18.4. The maximum atomic E-state index is 13.4. The summed E-state index contributed by atoms with van der Waals surface area (Å²) in [6.45, 7) is 4.69. The van der Waals surface area contributed by atoms with Gasteiger partial charge in [-0.15, -0.1) is 0 Å². The van der Waals surface area contributed by atoms with Gasteiger partial charge in [-0.2, -0.15) is 0 Å².